The molecule has 0 spiro atoms. The van der Waals surface area contributed by atoms with Crippen LogP contribution in [-0.4, -0.2) is 19.2 Å². The fraction of sp³-hybridized carbons (Fsp3) is 0.107. The Morgan fingerprint density at radius 1 is 0.805 bits per heavy atom. The zero-order chi connectivity index (χ0) is 29.4. The average molecular weight is 574 g/mol. The molecule has 0 radical (unpaired) electrons. The number of halogens is 5. The molecule has 0 atom stereocenters. The van der Waals surface area contributed by atoms with Crippen LogP contribution in [-0.2, 0) is 4.79 Å². The standard InChI is InChI=1S/C28H15F5O8/c1-2-37-17-5-3-4-12-8-16(28(36)41-26(12)17)15-10-19(34)40-18-9-13(6-7-14(15)18)39-20(35)11-38-27-24(32)22(30)21(29)23(31)25(27)33/h3-10H,2,11H2,1H3. The summed E-state index contributed by atoms with van der Waals surface area (Å²) in [5, 5.41) is 0.779. The van der Waals surface area contributed by atoms with Gasteiger partial charge in [0.15, 0.2) is 23.7 Å². The van der Waals surface area contributed by atoms with Crippen LogP contribution in [0.5, 0.6) is 17.2 Å². The molecular weight excluding hydrogens is 559 g/mol. The van der Waals surface area contributed by atoms with Crippen LogP contribution < -0.4 is 25.5 Å². The van der Waals surface area contributed by atoms with E-state index in [1.54, 1.807) is 25.1 Å². The van der Waals surface area contributed by atoms with E-state index in [4.69, 9.17) is 18.3 Å². The number of benzene rings is 3. The first-order valence-corrected chi connectivity index (χ1v) is 11.7. The van der Waals surface area contributed by atoms with E-state index in [2.05, 4.69) is 4.74 Å². The van der Waals surface area contributed by atoms with Gasteiger partial charge in [0.2, 0.25) is 29.1 Å². The number of hydrogen-bond donors (Lipinski definition) is 0. The van der Waals surface area contributed by atoms with Crippen LogP contribution in [0, 0.1) is 29.1 Å². The van der Waals surface area contributed by atoms with Crippen molar-refractivity contribution in [3.05, 3.63) is 98.5 Å². The van der Waals surface area contributed by atoms with Crippen LogP contribution >= 0.6 is 0 Å². The Morgan fingerprint density at radius 3 is 2.22 bits per heavy atom. The van der Waals surface area contributed by atoms with Gasteiger partial charge in [0.05, 0.1) is 12.2 Å². The SMILES string of the molecule is CCOc1cccc2cc(-c3cc(=O)oc4cc(OC(=O)COc5c(F)c(F)c(F)c(F)c5F)ccc34)c(=O)oc12. The predicted octanol–water partition coefficient (Wildman–Crippen LogP) is 5.65. The van der Waals surface area contributed by atoms with E-state index in [1.165, 1.54) is 18.2 Å². The maximum absolute atomic E-state index is 13.8. The van der Waals surface area contributed by atoms with E-state index in [-0.39, 0.29) is 33.4 Å². The molecular formula is C28H15F5O8. The number of para-hydroxylation sites is 1. The van der Waals surface area contributed by atoms with Gasteiger partial charge in [0.1, 0.15) is 11.3 Å². The van der Waals surface area contributed by atoms with Gasteiger partial charge in [-0.2, -0.15) is 8.78 Å². The molecule has 5 rings (SSSR count). The highest BCUT2D eigenvalue weighted by molar-refractivity contribution is 5.96. The summed E-state index contributed by atoms with van der Waals surface area (Å²) in [4.78, 5) is 37.4. The Morgan fingerprint density at radius 2 is 1.51 bits per heavy atom. The van der Waals surface area contributed by atoms with Crippen LogP contribution in [0.15, 0.2) is 67.0 Å². The van der Waals surface area contributed by atoms with Gasteiger partial charge in [-0.1, -0.05) is 12.1 Å². The van der Waals surface area contributed by atoms with Crippen molar-refractivity contribution < 1.29 is 49.8 Å². The number of esters is 1. The maximum atomic E-state index is 13.8. The van der Waals surface area contributed by atoms with Gasteiger partial charge in [0, 0.05) is 28.5 Å². The minimum absolute atomic E-state index is 0.0324. The molecule has 0 aliphatic rings. The molecule has 2 aromatic heterocycles. The molecule has 0 amide bonds. The summed E-state index contributed by atoms with van der Waals surface area (Å²) >= 11 is 0. The summed E-state index contributed by atoms with van der Waals surface area (Å²) in [6.45, 7) is 0.875. The fourth-order valence-corrected chi connectivity index (χ4v) is 4.01. The average Bonchev–Trinajstić information content (AvgIpc) is 2.94. The number of fused-ring (bicyclic) bond motifs is 2. The zero-order valence-corrected chi connectivity index (χ0v) is 20.7. The number of hydrogen-bond acceptors (Lipinski definition) is 8. The van der Waals surface area contributed by atoms with Gasteiger partial charge in [-0.25, -0.2) is 27.6 Å². The second-order valence-corrected chi connectivity index (χ2v) is 8.35. The highest BCUT2D eigenvalue weighted by Gasteiger charge is 2.27. The van der Waals surface area contributed by atoms with E-state index < -0.39 is 58.7 Å². The molecule has 8 nitrogen and oxygen atoms in total. The smallest absolute Gasteiger partial charge is 0.349 e. The van der Waals surface area contributed by atoms with Crippen LogP contribution in [0.1, 0.15) is 6.92 Å². The van der Waals surface area contributed by atoms with Crippen molar-refractivity contribution in [1.29, 1.82) is 0 Å². The summed E-state index contributed by atoms with van der Waals surface area (Å²) in [7, 11) is 0. The van der Waals surface area contributed by atoms with Crippen molar-refractivity contribution in [1.82, 2.24) is 0 Å². The Labute approximate surface area is 225 Å². The van der Waals surface area contributed by atoms with Gasteiger partial charge < -0.3 is 23.0 Å². The van der Waals surface area contributed by atoms with E-state index in [0.717, 1.165) is 12.1 Å². The molecule has 0 saturated carbocycles. The van der Waals surface area contributed by atoms with E-state index >= 15 is 0 Å². The summed E-state index contributed by atoms with van der Waals surface area (Å²) in [6, 6.07) is 11.3. The summed E-state index contributed by atoms with van der Waals surface area (Å²) < 4.78 is 93.0. The molecule has 0 aliphatic carbocycles. The van der Waals surface area contributed by atoms with Gasteiger partial charge >= 0.3 is 17.2 Å². The van der Waals surface area contributed by atoms with Crippen molar-refractivity contribution in [2.75, 3.05) is 13.2 Å². The first kappa shape index (κ1) is 27.4. The molecule has 0 fully saturated rings. The summed E-state index contributed by atoms with van der Waals surface area (Å²) in [5.41, 5.74) is -1.32. The maximum Gasteiger partial charge on any atom is 0.349 e. The molecule has 0 saturated heterocycles. The van der Waals surface area contributed by atoms with Crippen molar-refractivity contribution >= 4 is 27.9 Å². The predicted molar refractivity (Wildman–Crippen MR) is 132 cm³/mol. The molecule has 0 N–H and O–H groups in total. The van der Waals surface area contributed by atoms with E-state index in [1.807, 2.05) is 0 Å². The second kappa shape index (κ2) is 10.8. The first-order valence-electron chi connectivity index (χ1n) is 11.7. The van der Waals surface area contributed by atoms with Gasteiger partial charge in [-0.3, -0.25) is 0 Å². The van der Waals surface area contributed by atoms with Crippen LogP contribution in [0.3, 0.4) is 0 Å². The lowest BCUT2D eigenvalue weighted by atomic mass is 10.0. The normalized spacial score (nSPS) is 11.2. The van der Waals surface area contributed by atoms with Gasteiger partial charge in [-0.15, -0.1) is 0 Å². The topological polar surface area (TPSA) is 105 Å². The third-order valence-corrected chi connectivity index (χ3v) is 5.77. The van der Waals surface area contributed by atoms with Crippen LogP contribution in [0.2, 0.25) is 0 Å². The van der Waals surface area contributed by atoms with Crippen molar-refractivity contribution in [3.8, 4) is 28.4 Å². The number of ether oxygens (including phenoxy) is 3. The minimum Gasteiger partial charge on any atom is -0.490 e. The Kier molecular flexibility index (Phi) is 7.18. The van der Waals surface area contributed by atoms with Crippen LogP contribution in [0.4, 0.5) is 22.0 Å². The molecule has 3 aromatic carbocycles. The quantitative estimate of drug-likeness (QED) is 0.0614. The van der Waals surface area contributed by atoms with Crippen molar-refractivity contribution in [2.24, 2.45) is 0 Å². The van der Waals surface area contributed by atoms with Gasteiger partial charge in [0.25, 0.3) is 0 Å². The molecule has 13 heteroatoms. The fourth-order valence-electron chi connectivity index (χ4n) is 4.01. The molecule has 210 valence electrons. The molecule has 0 aliphatic heterocycles. The largest absolute Gasteiger partial charge is 0.490 e. The first-order chi connectivity index (χ1) is 19.6. The Balaban J connectivity index is 1.44. The zero-order valence-electron chi connectivity index (χ0n) is 20.7. The van der Waals surface area contributed by atoms with Crippen LogP contribution in [0.25, 0.3) is 33.1 Å². The number of rotatable bonds is 7. The molecule has 41 heavy (non-hydrogen) atoms. The second-order valence-electron chi connectivity index (χ2n) is 8.35. The molecule has 5 aromatic rings. The lowest BCUT2D eigenvalue weighted by Gasteiger charge is -2.11. The summed E-state index contributed by atoms with van der Waals surface area (Å²) in [6.07, 6.45) is 0. The van der Waals surface area contributed by atoms with E-state index in [9.17, 15) is 36.3 Å². The highest BCUT2D eigenvalue weighted by Crippen LogP contribution is 2.32. The molecule has 2 heterocycles. The summed E-state index contributed by atoms with van der Waals surface area (Å²) in [5.74, 6) is -14.2. The number of carbonyl (C=O) groups excluding carboxylic acids is 1. The lowest BCUT2D eigenvalue weighted by molar-refractivity contribution is -0.136. The number of carbonyl (C=O) groups is 1. The molecule has 0 bridgehead atoms. The van der Waals surface area contributed by atoms with Gasteiger partial charge in [-0.05, 0) is 31.2 Å². The van der Waals surface area contributed by atoms with E-state index in [0.29, 0.717) is 17.7 Å². The van der Waals surface area contributed by atoms with Crippen molar-refractivity contribution in [2.45, 2.75) is 6.92 Å². The van der Waals surface area contributed by atoms with Crippen molar-refractivity contribution in [3.63, 3.8) is 0 Å². The molecule has 0 unspecified atom stereocenters. The highest BCUT2D eigenvalue weighted by atomic mass is 19.2. The minimum atomic E-state index is -2.39. The Hall–Kier alpha value is -5.20. The third kappa shape index (κ3) is 5.09. The third-order valence-electron chi connectivity index (χ3n) is 5.77. The lowest BCUT2D eigenvalue weighted by Crippen LogP contribution is -2.19. The monoisotopic (exact) mass is 574 g/mol. The Bertz CT molecular complexity index is 1940.